The first-order valence-corrected chi connectivity index (χ1v) is 4.28. The number of hydrogen-bond donors (Lipinski definition) is 0. The molecule has 0 fully saturated rings. The average Bonchev–Trinajstić information content (AvgIpc) is 1.96. The molecule has 0 aliphatic rings. The molecule has 0 saturated carbocycles. The van der Waals surface area contributed by atoms with Gasteiger partial charge in [-0.15, -0.1) is 6.58 Å². The van der Waals surface area contributed by atoms with E-state index >= 15 is 0 Å². The van der Waals surface area contributed by atoms with Gasteiger partial charge in [0.25, 0.3) is 0 Å². The summed E-state index contributed by atoms with van der Waals surface area (Å²) < 4.78 is 0. The van der Waals surface area contributed by atoms with Crippen LogP contribution in [0.5, 0.6) is 0 Å². The predicted octanol–water partition coefficient (Wildman–Crippen LogP) is 3.43. The van der Waals surface area contributed by atoms with Crippen LogP contribution in [0, 0.1) is 11.3 Å². The molecule has 0 unspecified atom stereocenters. The van der Waals surface area contributed by atoms with Gasteiger partial charge in [0.2, 0.25) is 0 Å². The highest BCUT2D eigenvalue weighted by molar-refractivity contribution is 4.87. The molecule has 0 saturated heterocycles. The number of nitriles is 1. The van der Waals surface area contributed by atoms with Crippen molar-refractivity contribution in [2.24, 2.45) is 0 Å². The van der Waals surface area contributed by atoms with Gasteiger partial charge < -0.3 is 0 Å². The SMILES string of the molecule is C=C(C)CCCCCCC#N. The molecular formula is C10H17N. The first kappa shape index (κ1) is 10.2. The van der Waals surface area contributed by atoms with Crippen LogP contribution in [0.1, 0.15) is 45.4 Å². The summed E-state index contributed by atoms with van der Waals surface area (Å²) in [6, 6.07) is 2.15. The van der Waals surface area contributed by atoms with Gasteiger partial charge in [-0.25, -0.2) is 0 Å². The molecule has 0 atom stereocenters. The zero-order valence-electron chi connectivity index (χ0n) is 7.40. The summed E-state index contributed by atoms with van der Waals surface area (Å²) in [7, 11) is 0. The number of nitrogens with zero attached hydrogens (tertiary/aromatic N) is 1. The molecule has 0 aliphatic heterocycles. The van der Waals surface area contributed by atoms with Crippen LogP contribution in [0.15, 0.2) is 12.2 Å². The molecular weight excluding hydrogens is 134 g/mol. The molecule has 0 N–H and O–H groups in total. The number of unbranched alkanes of at least 4 members (excludes halogenated alkanes) is 4. The van der Waals surface area contributed by atoms with Gasteiger partial charge in [0.1, 0.15) is 0 Å². The number of rotatable bonds is 6. The summed E-state index contributed by atoms with van der Waals surface area (Å²) in [6.45, 7) is 5.90. The minimum absolute atomic E-state index is 0.715. The molecule has 11 heavy (non-hydrogen) atoms. The van der Waals surface area contributed by atoms with Crippen molar-refractivity contribution in [2.45, 2.75) is 45.4 Å². The molecule has 1 heteroatoms. The van der Waals surface area contributed by atoms with Gasteiger partial charge in [0.15, 0.2) is 0 Å². The molecule has 62 valence electrons. The lowest BCUT2D eigenvalue weighted by Gasteiger charge is -1.97. The summed E-state index contributed by atoms with van der Waals surface area (Å²) in [5.41, 5.74) is 1.27. The summed E-state index contributed by atoms with van der Waals surface area (Å²) in [5, 5.41) is 8.25. The van der Waals surface area contributed by atoms with E-state index in [0.717, 1.165) is 12.8 Å². The molecule has 0 aliphatic carbocycles. The van der Waals surface area contributed by atoms with Crippen molar-refractivity contribution in [1.29, 1.82) is 5.26 Å². The van der Waals surface area contributed by atoms with Gasteiger partial charge in [-0.2, -0.15) is 5.26 Å². The third-order valence-electron chi connectivity index (χ3n) is 1.64. The number of allylic oxidation sites excluding steroid dienone is 1. The molecule has 0 aromatic carbocycles. The smallest absolute Gasteiger partial charge is 0.0621 e. The standard InChI is InChI=1S/C10H17N/c1-10(2)8-6-4-3-5-7-9-11/h1,3-8H2,2H3. The highest BCUT2D eigenvalue weighted by Crippen LogP contribution is 2.08. The van der Waals surface area contributed by atoms with Crippen LogP contribution in [-0.4, -0.2) is 0 Å². The fourth-order valence-electron chi connectivity index (χ4n) is 0.984. The Morgan fingerprint density at radius 2 is 1.91 bits per heavy atom. The average molecular weight is 151 g/mol. The van der Waals surface area contributed by atoms with Crippen molar-refractivity contribution in [2.75, 3.05) is 0 Å². The molecule has 0 rings (SSSR count). The predicted molar refractivity (Wildman–Crippen MR) is 48.1 cm³/mol. The van der Waals surface area contributed by atoms with E-state index in [9.17, 15) is 0 Å². The van der Waals surface area contributed by atoms with Crippen LogP contribution in [0.4, 0.5) is 0 Å². The lowest BCUT2D eigenvalue weighted by atomic mass is 10.1. The van der Waals surface area contributed by atoms with Crippen molar-refractivity contribution in [3.63, 3.8) is 0 Å². The van der Waals surface area contributed by atoms with Crippen LogP contribution >= 0.6 is 0 Å². The van der Waals surface area contributed by atoms with E-state index in [4.69, 9.17) is 5.26 Å². The monoisotopic (exact) mass is 151 g/mol. The third-order valence-corrected chi connectivity index (χ3v) is 1.64. The maximum absolute atomic E-state index is 8.25. The van der Waals surface area contributed by atoms with Gasteiger partial charge in [-0.3, -0.25) is 0 Å². The van der Waals surface area contributed by atoms with E-state index in [1.54, 1.807) is 0 Å². The van der Waals surface area contributed by atoms with Crippen LogP contribution in [0.25, 0.3) is 0 Å². The second kappa shape index (κ2) is 7.34. The fourth-order valence-corrected chi connectivity index (χ4v) is 0.984. The molecule has 0 radical (unpaired) electrons. The van der Waals surface area contributed by atoms with E-state index in [-0.39, 0.29) is 0 Å². The molecule has 0 aromatic heterocycles. The topological polar surface area (TPSA) is 23.8 Å². The summed E-state index contributed by atoms with van der Waals surface area (Å²) in [4.78, 5) is 0. The largest absolute Gasteiger partial charge is 0.198 e. The molecule has 0 bridgehead atoms. The van der Waals surface area contributed by atoms with E-state index < -0.39 is 0 Å². The molecule has 0 amide bonds. The Morgan fingerprint density at radius 1 is 1.27 bits per heavy atom. The first-order valence-electron chi connectivity index (χ1n) is 4.28. The molecule has 0 heterocycles. The molecule has 0 aromatic rings. The summed E-state index contributed by atoms with van der Waals surface area (Å²) in [6.07, 6.45) is 6.60. The Labute approximate surface area is 69.7 Å². The second-order valence-electron chi connectivity index (χ2n) is 3.03. The van der Waals surface area contributed by atoms with Crippen molar-refractivity contribution >= 4 is 0 Å². The minimum Gasteiger partial charge on any atom is -0.198 e. The van der Waals surface area contributed by atoms with Crippen LogP contribution in [0.3, 0.4) is 0 Å². The van der Waals surface area contributed by atoms with E-state index in [0.29, 0.717) is 6.42 Å². The summed E-state index contributed by atoms with van der Waals surface area (Å²) >= 11 is 0. The van der Waals surface area contributed by atoms with E-state index in [1.165, 1.54) is 24.8 Å². The van der Waals surface area contributed by atoms with Gasteiger partial charge in [-0.05, 0) is 26.2 Å². The number of hydrogen-bond acceptors (Lipinski definition) is 1. The van der Waals surface area contributed by atoms with Gasteiger partial charge in [-0.1, -0.05) is 18.4 Å². The molecule has 1 nitrogen and oxygen atoms in total. The third kappa shape index (κ3) is 9.23. The fraction of sp³-hybridized carbons (Fsp3) is 0.700. The van der Waals surface area contributed by atoms with Crippen molar-refractivity contribution in [1.82, 2.24) is 0 Å². The highest BCUT2D eigenvalue weighted by atomic mass is 14.2. The van der Waals surface area contributed by atoms with Crippen molar-refractivity contribution in [3.8, 4) is 6.07 Å². The lowest BCUT2D eigenvalue weighted by molar-refractivity contribution is 0.647. The van der Waals surface area contributed by atoms with Gasteiger partial charge in [0.05, 0.1) is 6.07 Å². The van der Waals surface area contributed by atoms with Crippen molar-refractivity contribution in [3.05, 3.63) is 12.2 Å². The van der Waals surface area contributed by atoms with E-state index in [2.05, 4.69) is 19.6 Å². The maximum atomic E-state index is 8.25. The zero-order chi connectivity index (χ0) is 8.53. The van der Waals surface area contributed by atoms with Crippen LogP contribution in [0.2, 0.25) is 0 Å². The quantitative estimate of drug-likeness (QED) is 0.421. The first-order chi connectivity index (χ1) is 5.27. The Bertz CT molecular complexity index is 141. The van der Waals surface area contributed by atoms with E-state index in [1.807, 2.05) is 0 Å². The lowest BCUT2D eigenvalue weighted by Crippen LogP contribution is -1.79. The Morgan fingerprint density at radius 3 is 2.45 bits per heavy atom. The van der Waals surface area contributed by atoms with Gasteiger partial charge in [0, 0.05) is 6.42 Å². The Kier molecular flexibility index (Phi) is 6.82. The van der Waals surface area contributed by atoms with Crippen LogP contribution < -0.4 is 0 Å². The summed E-state index contributed by atoms with van der Waals surface area (Å²) in [5.74, 6) is 0. The maximum Gasteiger partial charge on any atom is 0.0621 e. The normalized spacial score (nSPS) is 9.09. The molecule has 0 spiro atoms. The zero-order valence-corrected chi connectivity index (χ0v) is 7.40. The minimum atomic E-state index is 0.715. The van der Waals surface area contributed by atoms with Crippen molar-refractivity contribution < 1.29 is 0 Å². The Balaban J connectivity index is 2.92. The van der Waals surface area contributed by atoms with Crippen LogP contribution in [-0.2, 0) is 0 Å². The van der Waals surface area contributed by atoms with Gasteiger partial charge >= 0.3 is 0 Å². The second-order valence-corrected chi connectivity index (χ2v) is 3.03. The highest BCUT2D eigenvalue weighted by Gasteiger charge is 1.89. The Hall–Kier alpha value is -0.770.